The molecule has 0 aromatic heterocycles. The largest absolute Gasteiger partial charge is 0.497 e. The van der Waals surface area contributed by atoms with Gasteiger partial charge in [-0.2, -0.15) is 0 Å². The highest BCUT2D eigenvalue weighted by Crippen LogP contribution is 2.32. The van der Waals surface area contributed by atoms with Crippen molar-refractivity contribution in [1.82, 2.24) is 5.32 Å². The fraction of sp³-hybridized carbons (Fsp3) is 0.462. The maximum Gasteiger partial charge on any atom is 0.231 e. The molecule has 3 nitrogen and oxygen atoms in total. The first-order valence-electron chi connectivity index (χ1n) is 5.76. The van der Waals surface area contributed by atoms with Crippen LogP contribution in [0.25, 0.3) is 0 Å². The monoisotopic (exact) mass is 297 g/mol. The van der Waals surface area contributed by atoms with E-state index in [2.05, 4.69) is 27.3 Å². The van der Waals surface area contributed by atoms with E-state index in [0.717, 1.165) is 25.0 Å². The molecule has 1 atom stereocenters. The van der Waals surface area contributed by atoms with E-state index in [4.69, 9.17) is 4.74 Å². The smallest absolute Gasteiger partial charge is 0.231 e. The zero-order valence-corrected chi connectivity index (χ0v) is 11.4. The van der Waals surface area contributed by atoms with Gasteiger partial charge in [0, 0.05) is 0 Å². The van der Waals surface area contributed by atoms with Crippen molar-refractivity contribution >= 4 is 21.8 Å². The van der Waals surface area contributed by atoms with E-state index in [1.807, 2.05) is 12.1 Å². The Morgan fingerprint density at radius 2 is 2.41 bits per heavy atom. The third-order valence-electron chi connectivity index (χ3n) is 3.12. The molecule has 1 aliphatic rings. The average molecular weight is 298 g/mol. The van der Waals surface area contributed by atoms with Gasteiger partial charge < -0.3 is 10.1 Å². The Morgan fingerprint density at radius 1 is 1.59 bits per heavy atom. The van der Waals surface area contributed by atoms with Crippen LogP contribution in [0, 0.1) is 0 Å². The quantitative estimate of drug-likeness (QED) is 0.871. The number of carbonyl (C=O) groups is 1. The fourth-order valence-electron chi connectivity index (χ4n) is 2.29. The van der Waals surface area contributed by atoms with Crippen molar-refractivity contribution in [2.45, 2.75) is 25.3 Å². The Bertz CT molecular complexity index is 420. The Balaban J connectivity index is 2.25. The van der Waals surface area contributed by atoms with Crippen LogP contribution >= 0.6 is 15.9 Å². The Morgan fingerprint density at radius 3 is 3.12 bits per heavy atom. The number of carbonyl (C=O) groups excluding carboxylic acids is 1. The van der Waals surface area contributed by atoms with Gasteiger partial charge >= 0.3 is 0 Å². The van der Waals surface area contributed by atoms with Crippen LogP contribution in [0.4, 0.5) is 0 Å². The number of benzene rings is 1. The summed E-state index contributed by atoms with van der Waals surface area (Å²) in [6, 6.07) is 6.24. The maximum atomic E-state index is 11.5. The number of halogens is 1. The number of fused-ring (bicyclic) bond motifs is 1. The summed E-state index contributed by atoms with van der Waals surface area (Å²) in [5, 5.41) is 3.38. The summed E-state index contributed by atoms with van der Waals surface area (Å²) in [5.41, 5.74) is 2.52. The molecule has 0 bridgehead atoms. The normalized spacial score (nSPS) is 18.4. The third kappa shape index (κ3) is 2.80. The standard InChI is InChI=1S/C13H16BrNO2/c1-17-10-6-5-9-3-2-4-12(11(9)7-10)15-13(16)8-14/h5-7,12H,2-4,8H2,1H3,(H,15,16)/t12-/m1/s1. The molecule has 1 aromatic rings. The van der Waals surface area contributed by atoms with Crippen LogP contribution in [0.1, 0.15) is 30.0 Å². The molecule has 0 aliphatic heterocycles. The number of ether oxygens (including phenoxy) is 1. The van der Waals surface area contributed by atoms with E-state index in [0.29, 0.717) is 5.33 Å². The first kappa shape index (κ1) is 12.4. The number of methoxy groups -OCH3 is 1. The molecule has 0 radical (unpaired) electrons. The highest BCUT2D eigenvalue weighted by molar-refractivity contribution is 9.09. The molecule has 0 fully saturated rings. The summed E-state index contributed by atoms with van der Waals surface area (Å²) in [4.78, 5) is 11.5. The second-order valence-corrected chi connectivity index (χ2v) is 4.77. The van der Waals surface area contributed by atoms with Crippen molar-refractivity contribution in [3.8, 4) is 5.75 Å². The summed E-state index contributed by atoms with van der Waals surface area (Å²) >= 11 is 3.17. The molecule has 0 saturated carbocycles. The number of amides is 1. The van der Waals surface area contributed by atoms with Crippen LogP contribution in [-0.2, 0) is 11.2 Å². The van der Waals surface area contributed by atoms with Gasteiger partial charge in [-0.3, -0.25) is 4.79 Å². The van der Waals surface area contributed by atoms with Crippen LogP contribution in [0.2, 0.25) is 0 Å². The zero-order valence-electron chi connectivity index (χ0n) is 9.83. The molecule has 0 saturated heterocycles. The summed E-state index contributed by atoms with van der Waals surface area (Å²) in [6.45, 7) is 0. The summed E-state index contributed by atoms with van der Waals surface area (Å²) < 4.78 is 5.24. The predicted octanol–water partition coefficient (Wildman–Crippen LogP) is 2.58. The molecule has 92 valence electrons. The molecule has 0 unspecified atom stereocenters. The Labute approximate surface area is 110 Å². The fourth-order valence-corrected chi connectivity index (χ4v) is 2.45. The van der Waals surface area contributed by atoms with Crippen LogP contribution in [0.15, 0.2) is 18.2 Å². The van der Waals surface area contributed by atoms with Gasteiger partial charge in [0.1, 0.15) is 5.75 Å². The Kier molecular flexibility index (Phi) is 4.05. The molecule has 1 aromatic carbocycles. The summed E-state index contributed by atoms with van der Waals surface area (Å²) in [5.74, 6) is 0.884. The van der Waals surface area contributed by atoms with Gasteiger partial charge in [-0.1, -0.05) is 22.0 Å². The zero-order chi connectivity index (χ0) is 12.3. The third-order valence-corrected chi connectivity index (χ3v) is 3.63. The first-order valence-corrected chi connectivity index (χ1v) is 6.89. The van der Waals surface area contributed by atoms with Crippen molar-refractivity contribution in [2.75, 3.05) is 12.4 Å². The molecule has 17 heavy (non-hydrogen) atoms. The van der Waals surface area contributed by atoms with Crippen molar-refractivity contribution in [3.63, 3.8) is 0 Å². The lowest BCUT2D eigenvalue weighted by Crippen LogP contribution is -2.31. The molecule has 0 spiro atoms. The number of hydrogen-bond donors (Lipinski definition) is 1. The van der Waals surface area contributed by atoms with Crippen LogP contribution in [0.5, 0.6) is 5.75 Å². The average Bonchev–Trinajstić information content (AvgIpc) is 2.38. The minimum absolute atomic E-state index is 0.0330. The first-order chi connectivity index (χ1) is 8.24. The second-order valence-electron chi connectivity index (χ2n) is 4.21. The molecule has 1 aliphatic carbocycles. The lowest BCUT2D eigenvalue weighted by atomic mass is 9.87. The Hall–Kier alpha value is -1.03. The van der Waals surface area contributed by atoms with E-state index in [9.17, 15) is 4.79 Å². The van der Waals surface area contributed by atoms with E-state index >= 15 is 0 Å². The van der Waals surface area contributed by atoms with E-state index in [1.54, 1.807) is 7.11 Å². The highest BCUT2D eigenvalue weighted by Gasteiger charge is 2.21. The number of hydrogen-bond acceptors (Lipinski definition) is 2. The molecule has 1 amide bonds. The molecular weight excluding hydrogens is 282 g/mol. The minimum atomic E-state index is 0.0330. The van der Waals surface area contributed by atoms with Gasteiger partial charge in [0.05, 0.1) is 18.5 Å². The van der Waals surface area contributed by atoms with Crippen LogP contribution in [-0.4, -0.2) is 18.3 Å². The van der Waals surface area contributed by atoms with E-state index in [-0.39, 0.29) is 11.9 Å². The van der Waals surface area contributed by atoms with Gasteiger partial charge in [-0.05, 0) is 42.5 Å². The van der Waals surface area contributed by atoms with Gasteiger partial charge in [0.2, 0.25) is 5.91 Å². The minimum Gasteiger partial charge on any atom is -0.497 e. The molecule has 1 N–H and O–H groups in total. The predicted molar refractivity (Wildman–Crippen MR) is 70.6 cm³/mol. The molecule has 0 heterocycles. The van der Waals surface area contributed by atoms with E-state index in [1.165, 1.54) is 11.1 Å². The van der Waals surface area contributed by atoms with Crippen LogP contribution in [0.3, 0.4) is 0 Å². The lowest BCUT2D eigenvalue weighted by Gasteiger charge is -2.26. The highest BCUT2D eigenvalue weighted by atomic mass is 79.9. The number of rotatable bonds is 3. The number of alkyl halides is 1. The topological polar surface area (TPSA) is 38.3 Å². The number of aryl methyl sites for hydroxylation is 1. The molecule has 4 heteroatoms. The number of nitrogens with one attached hydrogen (secondary N) is 1. The summed E-state index contributed by atoms with van der Waals surface area (Å²) in [7, 11) is 1.66. The lowest BCUT2D eigenvalue weighted by molar-refractivity contribution is -0.119. The van der Waals surface area contributed by atoms with E-state index < -0.39 is 0 Å². The van der Waals surface area contributed by atoms with Crippen LogP contribution < -0.4 is 10.1 Å². The van der Waals surface area contributed by atoms with Crippen molar-refractivity contribution in [2.24, 2.45) is 0 Å². The van der Waals surface area contributed by atoms with Gasteiger partial charge in [-0.25, -0.2) is 0 Å². The maximum absolute atomic E-state index is 11.5. The van der Waals surface area contributed by atoms with Gasteiger partial charge in [0.25, 0.3) is 0 Å². The van der Waals surface area contributed by atoms with Crippen molar-refractivity contribution in [1.29, 1.82) is 0 Å². The molecule has 2 rings (SSSR count). The van der Waals surface area contributed by atoms with Crippen molar-refractivity contribution < 1.29 is 9.53 Å². The SMILES string of the molecule is COc1ccc2c(c1)[C@H](NC(=O)CBr)CCC2. The van der Waals surface area contributed by atoms with Gasteiger partial charge in [0.15, 0.2) is 0 Å². The second kappa shape index (κ2) is 5.54. The van der Waals surface area contributed by atoms with Crippen molar-refractivity contribution in [3.05, 3.63) is 29.3 Å². The van der Waals surface area contributed by atoms with Gasteiger partial charge in [-0.15, -0.1) is 0 Å². The molecular formula is C13H16BrNO2. The summed E-state index contributed by atoms with van der Waals surface area (Å²) in [6.07, 6.45) is 3.20.